The van der Waals surface area contributed by atoms with E-state index in [1.807, 2.05) is 38.0 Å². The highest BCUT2D eigenvalue weighted by molar-refractivity contribution is 5.79. The van der Waals surface area contributed by atoms with Gasteiger partial charge in [0.2, 0.25) is 0 Å². The quantitative estimate of drug-likeness (QED) is 0.329. The van der Waals surface area contributed by atoms with E-state index in [1.165, 1.54) is 0 Å². The first-order valence-corrected chi connectivity index (χ1v) is 4.12. The number of ether oxygens (including phenoxy) is 1. The van der Waals surface area contributed by atoms with Gasteiger partial charge in [0.05, 0.1) is 13.2 Å². The molecule has 4 heteroatoms. The van der Waals surface area contributed by atoms with Crippen LogP contribution < -0.4 is 0 Å². The summed E-state index contributed by atoms with van der Waals surface area (Å²) in [5.41, 5.74) is 0. The van der Waals surface area contributed by atoms with Crippen molar-refractivity contribution in [1.29, 1.82) is 0 Å². The van der Waals surface area contributed by atoms with Gasteiger partial charge in [-0.1, -0.05) is 0 Å². The number of hydrogen-bond acceptors (Lipinski definition) is 2. The van der Waals surface area contributed by atoms with E-state index in [-0.39, 0.29) is 0 Å². The number of guanidine groups is 1. The summed E-state index contributed by atoms with van der Waals surface area (Å²) in [5.74, 6) is 0.991. The highest BCUT2D eigenvalue weighted by Crippen LogP contribution is 2.08. The predicted octanol–water partition coefficient (Wildman–Crippen LogP) is -0.136. The van der Waals surface area contributed by atoms with Gasteiger partial charge in [-0.25, -0.2) is 0 Å². The van der Waals surface area contributed by atoms with Crippen molar-refractivity contribution in [3.63, 3.8) is 0 Å². The Bertz CT molecular complexity index is 163. The number of aliphatic imine (C=N–C) groups is 1. The molecule has 70 valence electrons. The van der Waals surface area contributed by atoms with Crippen molar-refractivity contribution in [2.45, 2.75) is 6.10 Å². The van der Waals surface area contributed by atoms with E-state index in [0.29, 0.717) is 6.10 Å². The maximum atomic E-state index is 5.07. The Morgan fingerprint density at radius 3 is 2.17 bits per heavy atom. The molecule has 0 N–H and O–H groups in total. The molecule has 1 rings (SSSR count). The Labute approximate surface area is 73.8 Å². The van der Waals surface area contributed by atoms with E-state index in [2.05, 4.69) is 4.99 Å². The van der Waals surface area contributed by atoms with Crippen LogP contribution >= 0.6 is 0 Å². The minimum absolute atomic E-state index is 0.375. The zero-order chi connectivity index (χ0) is 9.14. The van der Waals surface area contributed by atoms with Crippen molar-refractivity contribution in [3.05, 3.63) is 0 Å². The highest BCUT2D eigenvalue weighted by atomic mass is 16.6. The fourth-order valence-corrected chi connectivity index (χ4v) is 1.04. The fourth-order valence-electron chi connectivity index (χ4n) is 1.04. The van der Waals surface area contributed by atoms with E-state index in [9.17, 15) is 0 Å². The molecular formula is C8H17N3O. The smallest absolute Gasteiger partial charge is 0.195 e. The van der Waals surface area contributed by atoms with E-state index < -0.39 is 0 Å². The molecule has 0 radical (unpaired) electrons. The van der Waals surface area contributed by atoms with Gasteiger partial charge in [0.25, 0.3) is 0 Å². The molecule has 1 aliphatic rings. The number of rotatable bonds is 2. The van der Waals surface area contributed by atoms with Crippen molar-refractivity contribution in [2.75, 3.05) is 41.3 Å². The number of nitrogens with zero attached hydrogens (tertiary/aromatic N) is 3. The van der Waals surface area contributed by atoms with E-state index in [0.717, 1.165) is 19.1 Å². The lowest BCUT2D eigenvalue weighted by atomic mass is 10.5. The molecule has 0 aliphatic carbocycles. The molecule has 1 aliphatic heterocycles. The molecule has 0 saturated carbocycles. The molecule has 0 aromatic rings. The fraction of sp³-hybridized carbons (Fsp3) is 0.875. The monoisotopic (exact) mass is 171 g/mol. The standard InChI is InChI=1S/C8H17N3O/c1-10(2)8(11(3)4)9-5-7-6-12-7/h7H,5-6H2,1-4H3/t7-/m1/s1. The second-order valence-electron chi connectivity index (χ2n) is 3.38. The third-order valence-corrected chi connectivity index (χ3v) is 1.64. The predicted molar refractivity (Wildman–Crippen MR) is 49.4 cm³/mol. The first-order valence-electron chi connectivity index (χ1n) is 4.12. The molecule has 1 saturated heterocycles. The van der Waals surface area contributed by atoms with E-state index in [1.54, 1.807) is 0 Å². The van der Waals surface area contributed by atoms with Gasteiger partial charge < -0.3 is 14.5 Å². The van der Waals surface area contributed by atoms with Gasteiger partial charge in [-0.2, -0.15) is 0 Å². The molecule has 1 fully saturated rings. The van der Waals surface area contributed by atoms with Crippen LogP contribution in [0, 0.1) is 0 Å². The average molecular weight is 171 g/mol. The molecule has 0 aromatic carbocycles. The maximum Gasteiger partial charge on any atom is 0.195 e. The zero-order valence-corrected chi connectivity index (χ0v) is 8.24. The molecule has 0 amide bonds. The minimum Gasteiger partial charge on any atom is -0.371 e. The van der Waals surface area contributed by atoms with Crippen LogP contribution in [0.3, 0.4) is 0 Å². The Balaban J connectivity index is 2.44. The molecule has 1 heterocycles. The summed E-state index contributed by atoms with van der Waals surface area (Å²) in [6.45, 7) is 1.66. The maximum absolute atomic E-state index is 5.07. The first-order chi connectivity index (χ1) is 5.61. The van der Waals surface area contributed by atoms with Gasteiger partial charge >= 0.3 is 0 Å². The lowest BCUT2D eigenvalue weighted by Crippen LogP contribution is -2.35. The van der Waals surface area contributed by atoms with Crippen molar-refractivity contribution in [3.8, 4) is 0 Å². The van der Waals surface area contributed by atoms with Gasteiger partial charge in [0.1, 0.15) is 6.10 Å². The SMILES string of the molecule is CN(C)C(=NC[C@@H]1CO1)N(C)C. The molecule has 0 aromatic heterocycles. The Morgan fingerprint density at radius 2 is 1.83 bits per heavy atom. The minimum atomic E-state index is 0.375. The van der Waals surface area contributed by atoms with Crippen molar-refractivity contribution < 1.29 is 4.74 Å². The lowest BCUT2D eigenvalue weighted by Gasteiger charge is -2.22. The Kier molecular flexibility index (Phi) is 2.92. The third kappa shape index (κ3) is 2.70. The summed E-state index contributed by atoms with van der Waals surface area (Å²) in [7, 11) is 7.97. The van der Waals surface area contributed by atoms with Crippen LogP contribution in [0.2, 0.25) is 0 Å². The summed E-state index contributed by atoms with van der Waals surface area (Å²) in [6, 6.07) is 0. The van der Waals surface area contributed by atoms with Crippen molar-refractivity contribution in [1.82, 2.24) is 9.80 Å². The van der Waals surface area contributed by atoms with Crippen molar-refractivity contribution >= 4 is 5.96 Å². The molecule has 0 unspecified atom stereocenters. The van der Waals surface area contributed by atoms with Crippen LogP contribution in [0.15, 0.2) is 4.99 Å². The lowest BCUT2D eigenvalue weighted by molar-refractivity contribution is 0.408. The third-order valence-electron chi connectivity index (χ3n) is 1.64. The largest absolute Gasteiger partial charge is 0.371 e. The van der Waals surface area contributed by atoms with Gasteiger partial charge in [0.15, 0.2) is 5.96 Å². The van der Waals surface area contributed by atoms with Gasteiger partial charge in [-0.15, -0.1) is 0 Å². The molecule has 12 heavy (non-hydrogen) atoms. The van der Waals surface area contributed by atoms with Crippen LogP contribution in [0.5, 0.6) is 0 Å². The molecule has 1 atom stereocenters. The summed E-state index contributed by atoms with van der Waals surface area (Å²) in [4.78, 5) is 8.43. The Hall–Kier alpha value is -0.770. The van der Waals surface area contributed by atoms with Gasteiger partial charge in [-0.3, -0.25) is 4.99 Å². The van der Waals surface area contributed by atoms with Gasteiger partial charge in [-0.05, 0) is 0 Å². The van der Waals surface area contributed by atoms with E-state index >= 15 is 0 Å². The van der Waals surface area contributed by atoms with Crippen LogP contribution in [0.25, 0.3) is 0 Å². The normalized spacial score (nSPS) is 20.2. The Morgan fingerprint density at radius 1 is 1.33 bits per heavy atom. The summed E-state index contributed by atoms with van der Waals surface area (Å²) < 4.78 is 5.07. The molecule has 0 spiro atoms. The second-order valence-corrected chi connectivity index (χ2v) is 3.38. The summed E-state index contributed by atoms with van der Waals surface area (Å²) in [5, 5.41) is 0. The van der Waals surface area contributed by atoms with E-state index in [4.69, 9.17) is 4.74 Å². The molecular weight excluding hydrogens is 154 g/mol. The summed E-state index contributed by atoms with van der Waals surface area (Å²) >= 11 is 0. The average Bonchev–Trinajstić information content (AvgIpc) is 2.69. The highest BCUT2D eigenvalue weighted by Gasteiger charge is 2.22. The zero-order valence-electron chi connectivity index (χ0n) is 8.24. The van der Waals surface area contributed by atoms with Crippen LogP contribution in [-0.2, 0) is 4.74 Å². The topological polar surface area (TPSA) is 31.4 Å². The number of epoxide rings is 1. The molecule has 0 bridgehead atoms. The van der Waals surface area contributed by atoms with Crippen LogP contribution in [-0.4, -0.2) is 63.2 Å². The summed E-state index contributed by atoms with van der Waals surface area (Å²) in [6.07, 6.45) is 0.375. The number of hydrogen-bond donors (Lipinski definition) is 0. The molecule has 4 nitrogen and oxygen atoms in total. The van der Waals surface area contributed by atoms with Gasteiger partial charge in [0, 0.05) is 28.2 Å². The van der Waals surface area contributed by atoms with Crippen molar-refractivity contribution in [2.24, 2.45) is 4.99 Å². The first kappa shape index (κ1) is 9.32. The van der Waals surface area contributed by atoms with Crippen LogP contribution in [0.1, 0.15) is 0 Å². The van der Waals surface area contributed by atoms with Crippen LogP contribution in [0.4, 0.5) is 0 Å². The second kappa shape index (κ2) is 3.76.